The number of aromatic nitrogens is 1. The zero-order valence-corrected chi connectivity index (χ0v) is 10.9. The van der Waals surface area contributed by atoms with Gasteiger partial charge in [0.1, 0.15) is 10.4 Å². The second-order valence-electron chi connectivity index (χ2n) is 3.19. The van der Waals surface area contributed by atoms with Gasteiger partial charge in [-0.1, -0.05) is 17.7 Å². The minimum absolute atomic E-state index is 0.664. The summed E-state index contributed by atoms with van der Waals surface area (Å²) in [5.74, 6) is 0.759. The molecule has 2 nitrogen and oxygen atoms in total. The molecule has 0 aliphatic rings. The molecule has 1 aromatic heterocycles. The van der Waals surface area contributed by atoms with Crippen molar-refractivity contribution in [3.05, 3.63) is 46.0 Å². The molecule has 0 aliphatic heterocycles. The van der Waals surface area contributed by atoms with E-state index in [1.807, 2.05) is 30.3 Å². The van der Waals surface area contributed by atoms with Crippen LogP contribution in [0.15, 0.2) is 41.0 Å². The molecule has 0 amide bonds. The van der Waals surface area contributed by atoms with E-state index in [-0.39, 0.29) is 0 Å². The maximum absolute atomic E-state index is 5.97. The summed E-state index contributed by atoms with van der Waals surface area (Å²) in [6, 6.07) is 11.2. The molecule has 0 aliphatic carbocycles. The Kier molecular flexibility index (Phi) is 3.46. The number of hydrogen-bond donors (Lipinski definition) is 0. The van der Waals surface area contributed by atoms with E-state index < -0.39 is 0 Å². The normalized spacial score (nSPS) is 10.2. The summed E-state index contributed by atoms with van der Waals surface area (Å²) < 4.78 is 6.06. The van der Waals surface area contributed by atoms with E-state index in [0.29, 0.717) is 5.02 Å². The molecule has 1 heterocycles. The second kappa shape index (κ2) is 4.85. The van der Waals surface area contributed by atoms with E-state index in [0.717, 1.165) is 21.6 Å². The lowest BCUT2D eigenvalue weighted by atomic mass is 10.1. The highest BCUT2D eigenvalue weighted by atomic mass is 79.9. The van der Waals surface area contributed by atoms with Crippen molar-refractivity contribution in [3.63, 3.8) is 0 Å². The molecule has 0 radical (unpaired) electrons. The molecule has 82 valence electrons. The molecule has 0 N–H and O–H groups in total. The van der Waals surface area contributed by atoms with E-state index in [4.69, 9.17) is 16.3 Å². The average molecular weight is 299 g/mol. The van der Waals surface area contributed by atoms with Crippen LogP contribution < -0.4 is 4.74 Å². The molecule has 0 spiro atoms. The Morgan fingerprint density at radius 2 is 2.06 bits per heavy atom. The fourth-order valence-corrected chi connectivity index (χ4v) is 1.95. The van der Waals surface area contributed by atoms with Crippen molar-refractivity contribution in [1.29, 1.82) is 0 Å². The first kappa shape index (κ1) is 11.4. The van der Waals surface area contributed by atoms with E-state index >= 15 is 0 Å². The highest BCUT2D eigenvalue weighted by molar-refractivity contribution is 9.10. The zero-order valence-electron chi connectivity index (χ0n) is 8.58. The van der Waals surface area contributed by atoms with Gasteiger partial charge in [0.15, 0.2) is 0 Å². The van der Waals surface area contributed by atoms with Crippen LogP contribution in [0.1, 0.15) is 0 Å². The third kappa shape index (κ3) is 2.36. The van der Waals surface area contributed by atoms with Crippen LogP contribution in [-0.4, -0.2) is 12.1 Å². The van der Waals surface area contributed by atoms with Crippen molar-refractivity contribution < 1.29 is 4.74 Å². The molecule has 4 heteroatoms. The Balaban J connectivity index is 2.58. The fourth-order valence-electron chi connectivity index (χ4n) is 1.44. The summed E-state index contributed by atoms with van der Waals surface area (Å²) in [7, 11) is 1.63. The van der Waals surface area contributed by atoms with Crippen molar-refractivity contribution >= 4 is 27.5 Å². The largest absolute Gasteiger partial charge is 0.496 e. The molecular weight excluding hydrogens is 289 g/mol. The molecule has 0 atom stereocenters. The van der Waals surface area contributed by atoms with Gasteiger partial charge in [0, 0.05) is 10.6 Å². The highest BCUT2D eigenvalue weighted by Crippen LogP contribution is 2.31. The van der Waals surface area contributed by atoms with Gasteiger partial charge in [0.25, 0.3) is 0 Å². The molecule has 0 bridgehead atoms. The highest BCUT2D eigenvalue weighted by Gasteiger charge is 2.07. The second-order valence-corrected chi connectivity index (χ2v) is 4.44. The number of methoxy groups -OCH3 is 1. The number of rotatable bonds is 2. The standard InChI is InChI=1S/C12H9BrClNO/c1-16-11-6-5-8(14)7-9(11)10-3-2-4-12(13)15-10/h2-7H,1H3. The molecule has 0 fully saturated rings. The van der Waals surface area contributed by atoms with Gasteiger partial charge >= 0.3 is 0 Å². The Bertz CT molecular complexity index is 516. The van der Waals surface area contributed by atoms with Crippen LogP contribution in [0.4, 0.5) is 0 Å². The molecular formula is C12H9BrClNO. The molecule has 0 saturated heterocycles. The van der Waals surface area contributed by atoms with Gasteiger partial charge in [-0.2, -0.15) is 0 Å². The predicted molar refractivity (Wildman–Crippen MR) is 68.9 cm³/mol. The number of hydrogen-bond acceptors (Lipinski definition) is 2. The summed E-state index contributed by atoms with van der Waals surface area (Å²) in [5.41, 5.74) is 1.71. The van der Waals surface area contributed by atoms with Gasteiger partial charge in [-0.3, -0.25) is 0 Å². The third-order valence-corrected chi connectivity index (χ3v) is 2.83. The summed E-state index contributed by atoms with van der Waals surface area (Å²) in [4.78, 5) is 4.37. The van der Waals surface area contributed by atoms with Crippen molar-refractivity contribution in [2.24, 2.45) is 0 Å². The first-order valence-electron chi connectivity index (χ1n) is 4.67. The van der Waals surface area contributed by atoms with E-state index in [1.54, 1.807) is 13.2 Å². The van der Waals surface area contributed by atoms with Gasteiger partial charge in [0.2, 0.25) is 0 Å². The van der Waals surface area contributed by atoms with Crippen LogP contribution in [0, 0.1) is 0 Å². The van der Waals surface area contributed by atoms with Gasteiger partial charge in [-0.15, -0.1) is 0 Å². The molecule has 2 rings (SSSR count). The van der Waals surface area contributed by atoms with Gasteiger partial charge in [-0.25, -0.2) is 4.98 Å². The minimum Gasteiger partial charge on any atom is -0.496 e. The number of nitrogens with zero attached hydrogens (tertiary/aromatic N) is 1. The first-order chi connectivity index (χ1) is 7.70. The monoisotopic (exact) mass is 297 g/mol. The molecule has 2 aromatic rings. The summed E-state index contributed by atoms with van der Waals surface area (Å²) in [6.07, 6.45) is 0. The SMILES string of the molecule is COc1ccc(Cl)cc1-c1cccc(Br)n1. The smallest absolute Gasteiger partial charge is 0.128 e. The van der Waals surface area contributed by atoms with Gasteiger partial charge in [0.05, 0.1) is 12.8 Å². The minimum atomic E-state index is 0.664. The molecule has 0 saturated carbocycles. The average Bonchev–Trinajstić information content (AvgIpc) is 2.29. The van der Waals surface area contributed by atoms with Crippen LogP contribution >= 0.6 is 27.5 Å². The Morgan fingerprint density at radius 1 is 1.25 bits per heavy atom. The third-order valence-electron chi connectivity index (χ3n) is 2.15. The lowest BCUT2D eigenvalue weighted by molar-refractivity contribution is 0.416. The van der Waals surface area contributed by atoms with Crippen LogP contribution in [0.2, 0.25) is 5.02 Å². The van der Waals surface area contributed by atoms with Crippen molar-refractivity contribution in [1.82, 2.24) is 4.98 Å². The van der Waals surface area contributed by atoms with Gasteiger partial charge < -0.3 is 4.74 Å². The maximum Gasteiger partial charge on any atom is 0.128 e. The number of pyridine rings is 1. The Morgan fingerprint density at radius 3 is 2.75 bits per heavy atom. The maximum atomic E-state index is 5.97. The molecule has 1 aromatic carbocycles. The first-order valence-corrected chi connectivity index (χ1v) is 5.84. The Labute approximate surface area is 107 Å². The molecule has 16 heavy (non-hydrogen) atoms. The number of benzene rings is 1. The summed E-state index contributed by atoms with van der Waals surface area (Å²) in [6.45, 7) is 0. The zero-order chi connectivity index (χ0) is 11.5. The summed E-state index contributed by atoms with van der Waals surface area (Å²) >= 11 is 9.31. The van der Waals surface area contributed by atoms with Crippen molar-refractivity contribution in [3.8, 4) is 17.0 Å². The lowest BCUT2D eigenvalue weighted by Gasteiger charge is -2.08. The van der Waals surface area contributed by atoms with E-state index in [1.165, 1.54) is 0 Å². The Hall–Kier alpha value is -1.06. The topological polar surface area (TPSA) is 22.1 Å². The molecule has 0 unspecified atom stereocenters. The summed E-state index contributed by atoms with van der Waals surface area (Å²) in [5, 5.41) is 0.664. The van der Waals surface area contributed by atoms with Crippen LogP contribution in [0.3, 0.4) is 0 Å². The van der Waals surface area contributed by atoms with Crippen LogP contribution in [-0.2, 0) is 0 Å². The predicted octanol–water partition coefficient (Wildman–Crippen LogP) is 4.17. The van der Waals surface area contributed by atoms with Crippen molar-refractivity contribution in [2.75, 3.05) is 7.11 Å². The van der Waals surface area contributed by atoms with E-state index in [9.17, 15) is 0 Å². The number of halogens is 2. The van der Waals surface area contributed by atoms with E-state index in [2.05, 4.69) is 20.9 Å². The number of ether oxygens (including phenoxy) is 1. The quantitative estimate of drug-likeness (QED) is 0.776. The lowest BCUT2D eigenvalue weighted by Crippen LogP contribution is -1.90. The van der Waals surface area contributed by atoms with Crippen LogP contribution in [0.5, 0.6) is 5.75 Å². The van der Waals surface area contributed by atoms with Gasteiger partial charge in [-0.05, 0) is 46.3 Å². The van der Waals surface area contributed by atoms with Crippen LogP contribution in [0.25, 0.3) is 11.3 Å². The van der Waals surface area contributed by atoms with Crippen molar-refractivity contribution in [2.45, 2.75) is 0 Å². The fraction of sp³-hybridized carbons (Fsp3) is 0.0833.